The Balaban J connectivity index is 2.40. The largest absolute Gasteiger partial charge is 0.462 e. The number of carbonyl (C=O) groups excluding carboxylic acids is 1. The molecule has 5 atom stereocenters. The summed E-state index contributed by atoms with van der Waals surface area (Å²) in [6.45, 7) is 10.9. The molecule has 0 radical (unpaired) electrons. The summed E-state index contributed by atoms with van der Waals surface area (Å²) in [5, 5.41) is 20.7. The molecular formula is C22H34F6O4. The number of halogens is 6. The molecule has 4 nitrogen and oxygen atoms in total. The van der Waals surface area contributed by atoms with Gasteiger partial charge in [0.2, 0.25) is 0 Å². The van der Waals surface area contributed by atoms with E-state index in [9.17, 15) is 41.4 Å². The van der Waals surface area contributed by atoms with Gasteiger partial charge in [0.15, 0.2) is 11.2 Å². The number of carbonyl (C=O) groups is 1. The van der Waals surface area contributed by atoms with Crippen molar-refractivity contribution in [1.82, 2.24) is 0 Å². The third kappa shape index (κ3) is 4.50. The molecule has 0 saturated heterocycles. The maximum Gasteiger partial charge on any atom is 0.417 e. The zero-order valence-electron chi connectivity index (χ0n) is 19.3. The Kier molecular flexibility index (Phi) is 6.83. The van der Waals surface area contributed by atoms with Gasteiger partial charge in [-0.05, 0) is 43.9 Å². The van der Waals surface area contributed by atoms with Gasteiger partial charge >= 0.3 is 18.3 Å². The van der Waals surface area contributed by atoms with E-state index in [0.29, 0.717) is 6.42 Å². The maximum atomic E-state index is 13.7. The molecule has 2 aliphatic rings. The number of alkyl halides is 6. The average Bonchev–Trinajstić information content (AvgIpc) is 2.56. The quantitative estimate of drug-likeness (QED) is 0.421. The van der Waals surface area contributed by atoms with E-state index in [1.165, 1.54) is 0 Å². The van der Waals surface area contributed by atoms with E-state index in [1.807, 2.05) is 34.6 Å². The van der Waals surface area contributed by atoms with Crippen LogP contribution in [0.1, 0.15) is 73.6 Å². The number of rotatable bonds is 4. The normalized spacial score (nSPS) is 36.0. The second-order valence-electron chi connectivity index (χ2n) is 11.3. The highest BCUT2D eigenvalue weighted by Crippen LogP contribution is 2.60. The van der Waals surface area contributed by atoms with Crippen molar-refractivity contribution in [2.75, 3.05) is 0 Å². The Labute approximate surface area is 184 Å². The van der Waals surface area contributed by atoms with Gasteiger partial charge in [-0.1, -0.05) is 34.6 Å². The second kappa shape index (κ2) is 8.03. The lowest BCUT2D eigenvalue weighted by Crippen LogP contribution is -2.69. The van der Waals surface area contributed by atoms with Crippen LogP contribution in [0.15, 0.2) is 0 Å². The van der Waals surface area contributed by atoms with Gasteiger partial charge in [-0.2, -0.15) is 26.3 Å². The molecule has 0 aromatic rings. The molecule has 2 N–H and O–H groups in total. The molecule has 2 fully saturated rings. The van der Waals surface area contributed by atoms with E-state index in [2.05, 4.69) is 0 Å². The minimum atomic E-state index is -5.38. The third-order valence-corrected chi connectivity index (χ3v) is 7.73. The fourth-order valence-electron chi connectivity index (χ4n) is 5.30. The van der Waals surface area contributed by atoms with E-state index in [-0.39, 0.29) is 5.92 Å². The first-order chi connectivity index (χ1) is 14.1. The van der Waals surface area contributed by atoms with Crippen LogP contribution in [0.3, 0.4) is 0 Å². The van der Waals surface area contributed by atoms with Crippen LogP contribution in [-0.4, -0.2) is 45.8 Å². The van der Waals surface area contributed by atoms with Gasteiger partial charge in [-0.3, -0.25) is 4.79 Å². The highest BCUT2D eigenvalue weighted by atomic mass is 19.4. The van der Waals surface area contributed by atoms with Crippen molar-refractivity contribution in [3.8, 4) is 0 Å². The molecule has 2 aliphatic carbocycles. The van der Waals surface area contributed by atoms with Crippen LogP contribution < -0.4 is 0 Å². The van der Waals surface area contributed by atoms with Crippen molar-refractivity contribution < 1.29 is 46.1 Å². The summed E-state index contributed by atoms with van der Waals surface area (Å²) < 4.78 is 87.7. The molecule has 2 saturated carbocycles. The van der Waals surface area contributed by atoms with E-state index in [1.54, 1.807) is 6.92 Å². The third-order valence-electron chi connectivity index (χ3n) is 7.73. The SMILES string of the molecule is CC(C)CC(C)(C(=O)OC1CC2CC(C1)C(O)(C(F)(F)F)CC2(O)C(F)(F)F)C(C)(C)C. The van der Waals surface area contributed by atoms with Crippen molar-refractivity contribution in [1.29, 1.82) is 0 Å². The lowest BCUT2D eigenvalue weighted by Gasteiger charge is -2.55. The number of hydrogen-bond acceptors (Lipinski definition) is 4. The summed E-state index contributed by atoms with van der Waals surface area (Å²) in [5.74, 6) is -3.85. The fourth-order valence-corrected chi connectivity index (χ4v) is 5.30. The smallest absolute Gasteiger partial charge is 0.417 e. The first kappa shape index (κ1) is 27.2. The molecule has 0 aromatic carbocycles. The summed E-state index contributed by atoms with van der Waals surface area (Å²) in [5.41, 5.74) is -9.08. The number of fused-ring (bicyclic) bond motifs is 2. The van der Waals surface area contributed by atoms with Gasteiger partial charge in [0.25, 0.3) is 0 Å². The summed E-state index contributed by atoms with van der Waals surface area (Å²) in [4.78, 5) is 13.2. The van der Waals surface area contributed by atoms with Crippen LogP contribution in [0.2, 0.25) is 0 Å². The first-order valence-electron chi connectivity index (χ1n) is 10.9. The summed E-state index contributed by atoms with van der Waals surface area (Å²) in [6.07, 6.45) is -15.0. The molecule has 0 heterocycles. The van der Waals surface area contributed by atoms with Gasteiger partial charge in [0.05, 0.1) is 5.41 Å². The predicted octanol–water partition coefficient (Wildman–Crippen LogP) is 5.40. The summed E-state index contributed by atoms with van der Waals surface area (Å²) >= 11 is 0. The van der Waals surface area contributed by atoms with Crippen LogP contribution in [0.5, 0.6) is 0 Å². The molecular weight excluding hydrogens is 442 g/mol. The summed E-state index contributed by atoms with van der Waals surface area (Å²) in [6, 6.07) is 0. The maximum absolute atomic E-state index is 13.7. The minimum Gasteiger partial charge on any atom is -0.462 e. The number of ether oxygens (including phenoxy) is 1. The standard InChI is InChI=1S/C22H34F6O4/c1-12(2)10-18(6,17(3,4)5)16(29)32-15-8-13-7-14(9-15)20(31,22(26,27)28)11-19(13,30)21(23,24)25/h12-15,30-31H,7-11H2,1-6H3. The topological polar surface area (TPSA) is 66.8 Å². The predicted molar refractivity (Wildman–Crippen MR) is 104 cm³/mol. The van der Waals surface area contributed by atoms with Crippen molar-refractivity contribution in [2.45, 2.75) is 103 Å². The van der Waals surface area contributed by atoms with Crippen LogP contribution in [0.25, 0.3) is 0 Å². The number of esters is 1. The zero-order chi connectivity index (χ0) is 25.1. The molecule has 32 heavy (non-hydrogen) atoms. The fraction of sp³-hybridized carbons (Fsp3) is 0.955. The number of aliphatic hydroxyl groups is 2. The monoisotopic (exact) mass is 476 g/mol. The first-order valence-corrected chi connectivity index (χ1v) is 10.9. The van der Waals surface area contributed by atoms with E-state index < -0.39 is 84.0 Å². The van der Waals surface area contributed by atoms with Crippen molar-refractivity contribution in [3.05, 3.63) is 0 Å². The Morgan fingerprint density at radius 1 is 0.906 bits per heavy atom. The van der Waals surface area contributed by atoms with E-state index in [0.717, 1.165) is 0 Å². The average molecular weight is 476 g/mol. The highest BCUT2D eigenvalue weighted by Gasteiger charge is 2.73. The summed E-state index contributed by atoms with van der Waals surface area (Å²) in [7, 11) is 0. The van der Waals surface area contributed by atoms with Crippen molar-refractivity contribution in [3.63, 3.8) is 0 Å². The van der Waals surface area contributed by atoms with Gasteiger partial charge in [-0.15, -0.1) is 0 Å². The van der Waals surface area contributed by atoms with E-state index >= 15 is 0 Å². The van der Waals surface area contributed by atoms with Gasteiger partial charge < -0.3 is 14.9 Å². The molecule has 0 spiro atoms. The Bertz CT molecular complexity index is 679. The van der Waals surface area contributed by atoms with Crippen molar-refractivity contribution >= 4 is 5.97 Å². The molecule has 0 aliphatic heterocycles. The molecule has 0 amide bonds. The highest BCUT2D eigenvalue weighted by molar-refractivity contribution is 5.77. The molecule has 10 heteroatoms. The van der Waals surface area contributed by atoms with Crippen molar-refractivity contribution in [2.24, 2.45) is 28.6 Å². The Morgan fingerprint density at radius 2 is 1.31 bits per heavy atom. The number of hydrogen-bond donors (Lipinski definition) is 2. The van der Waals surface area contributed by atoms with Gasteiger partial charge in [0.1, 0.15) is 6.10 Å². The lowest BCUT2D eigenvalue weighted by atomic mass is 9.56. The molecule has 0 aromatic heterocycles. The Hall–Kier alpha value is -1.03. The molecule has 188 valence electrons. The minimum absolute atomic E-state index is 0.0863. The molecule has 2 bridgehead atoms. The van der Waals surface area contributed by atoms with Gasteiger partial charge in [-0.25, -0.2) is 0 Å². The van der Waals surface area contributed by atoms with Crippen LogP contribution in [-0.2, 0) is 9.53 Å². The van der Waals surface area contributed by atoms with E-state index in [4.69, 9.17) is 4.74 Å². The van der Waals surface area contributed by atoms with Crippen LogP contribution in [0, 0.1) is 28.6 Å². The lowest BCUT2D eigenvalue weighted by molar-refractivity contribution is -0.366. The molecule has 5 unspecified atom stereocenters. The van der Waals surface area contributed by atoms with Gasteiger partial charge in [0, 0.05) is 18.3 Å². The zero-order valence-corrected chi connectivity index (χ0v) is 19.3. The van der Waals surface area contributed by atoms with Crippen LogP contribution >= 0.6 is 0 Å². The molecule has 2 rings (SSSR count). The van der Waals surface area contributed by atoms with Crippen LogP contribution in [0.4, 0.5) is 26.3 Å². The Morgan fingerprint density at radius 3 is 1.62 bits per heavy atom. The second-order valence-corrected chi connectivity index (χ2v) is 11.3.